The Hall–Kier alpha value is -5.23. The molecule has 5 heterocycles. The minimum atomic E-state index is -2.82. The van der Waals surface area contributed by atoms with Gasteiger partial charge in [0.05, 0.1) is 22.2 Å². The van der Waals surface area contributed by atoms with E-state index in [1.165, 1.54) is 6.07 Å². The van der Waals surface area contributed by atoms with E-state index in [9.17, 15) is 13.6 Å². The van der Waals surface area contributed by atoms with Crippen molar-refractivity contribution < 1.29 is 13.6 Å². The fraction of sp³-hybridized carbons (Fsp3) is 0.133. The minimum absolute atomic E-state index is 0.113. The third-order valence-electron chi connectivity index (χ3n) is 7.41. The molecule has 214 valence electrons. The first-order chi connectivity index (χ1) is 20.9. The van der Waals surface area contributed by atoms with E-state index in [0.717, 1.165) is 23.0 Å². The summed E-state index contributed by atoms with van der Waals surface area (Å²) in [7, 11) is 0. The number of nitrogen functional groups attached to an aromatic ring is 1. The maximum Gasteiger partial charge on any atom is 0.281 e. The molecular formula is C30H22ClF2N9O. The zero-order valence-corrected chi connectivity index (χ0v) is 23.1. The van der Waals surface area contributed by atoms with E-state index in [1.54, 1.807) is 23.1 Å². The summed E-state index contributed by atoms with van der Waals surface area (Å²) in [6, 6.07) is 16.1. The van der Waals surface area contributed by atoms with Gasteiger partial charge < -0.3 is 11.1 Å². The maximum absolute atomic E-state index is 13.0. The second-order valence-electron chi connectivity index (χ2n) is 10.0. The molecule has 0 saturated carbocycles. The van der Waals surface area contributed by atoms with Gasteiger partial charge in [-0.3, -0.25) is 14.3 Å². The Labute approximate surface area is 248 Å². The normalized spacial score (nSPS) is 14.4. The zero-order chi connectivity index (χ0) is 29.7. The van der Waals surface area contributed by atoms with Crippen LogP contribution in [0.3, 0.4) is 0 Å². The van der Waals surface area contributed by atoms with Crippen LogP contribution in [0.4, 0.5) is 14.6 Å². The first-order valence-corrected chi connectivity index (χ1v) is 13.7. The van der Waals surface area contributed by atoms with Crippen molar-refractivity contribution in [1.29, 1.82) is 0 Å². The molecule has 7 rings (SSSR count). The molecule has 1 atom stereocenters. The number of aryl methyl sites for hydroxylation is 1. The summed E-state index contributed by atoms with van der Waals surface area (Å²) in [5, 5.41) is 7.05. The van der Waals surface area contributed by atoms with Gasteiger partial charge in [0, 0.05) is 30.5 Å². The van der Waals surface area contributed by atoms with Gasteiger partial charge in [-0.1, -0.05) is 17.7 Å². The summed E-state index contributed by atoms with van der Waals surface area (Å²) in [4.78, 5) is 30.7. The topological polar surface area (TPSA) is 129 Å². The molecule has 3 N–H and O–H groups in total. The van der Waals surface area contributed by atoms with Gasteiger partial charge in [0.25, 0.3) is 12.3 Å². The monoisotopic (exact) mass is 597 g/mol. The number of anilines is 1. The van der Waals surface area contributed by atoms with Gasteiger partial charge >= 0.3 is 0 Å². The molecule has 0 unspecified atom stereocenters. The molecule has 0 radical (unpaired) electrons. The van der Waals surface area contributed by atoms with Crippen LogP contribution in [0.15, 0.2) is 79.4 Å². The maximum atomic E-state index is 13.0. The highest BCUT2D eigenvalue weighted by Gasteiger charge is 2.27. The third-order valence-corrected chi connectivity index (χ3v) is 7.72. The number of hydrogen-bond donors (Lipinski definition) is 2. The van der Waals surface area contributed by atoms with Gasteiger partial charge in [0.2, 0.25) is 0 Å². The Morgan fingerprint density at radius 1 is 1.07 bits per heavy atom. The van der Waals surface area contributed by atoms with Crippen molar-refractivity contribution in [3.8, 4) is 22.9 Å². The summed E-state index contributed by atoms with van der Waals surface area (Å²) < 4.78 is 29.7. The molecule has 1 amide bonds. The molecule has 0 fully saturated rings. The van der Waals surface area contributed by atoms with Crippen LogP contribution in [0.1, 0.15) is 46.1 Å². The van der Waals surface area contributed by atoms with E-state index in [-0.39, 0.29) is 16.6 Å². The molecular weight excluding hydrogens is 576 g/mol. The van der Waals surface area contributed by atoms with Gasteiger partial charge in [-0.25, -0.2) is 28.4 Å². The van der Waals surface area contributed by atoms with E-state index < -0.39 is 18.0 Å². The fourth-order valence-electron chi connectivity index (χ4n) is 5.38. The number of amides is 1. The van der Waals surface area contributed by atoms with E-state index in [2.05, 4.69) is 26.4 Å². The fourth-order valence-corrected chi connectivity index (χ4v) is 5.63. The van der Waals surface area contributed by atoms with Crippen molar-refractivity contribution in [1.82, 2.24) is 39.6 Å². The second-order valence-corrected chi connectivity index (χ2v) is 10.4. The number of carbonyl (C=O) groups is 1. The van der Waals surface area contributed by atoms with Crippen molar-refractivity contribution in [3.05, 3.63) is 107 Å². The van der Waals surface area contributed by atoms with Crippen LogP contribution < -0.4 is 11.1 Å². The molecule has 0 bridgehead atoms. The molecule has 1 aliphatic rings. The molecule has 43 heavy (non-hydrogen) atoms. The average Bonchev–Trinajstić information content (AvgIpc) is 3.76. The molecule has 6 aromatic rings. The van der Waals surface area contributed by atoms with Crippen LogP contribution >= 0.6 is 11.6 Å². The van der Waals surface area contributed by atoms with E-state index >= 15 is 0 Å². The minimum Gasteiger partial charge on any atom is -0.383 e. The number of pyridine rings is 3. The number of nitrogens with two attached hydrogens (primary N) is 1. The Kier molecular flexibility index (Phi) is 6.54. The Morgan fingerprint density at radius 3 is 2.72 bits per heavy atom. The van der Waals surface area contributed by atoms with Crippen molar-refractivity contribution in [3.63, 3.8) is 0 Å². The standard InChI is InChI=1S/C30H22ClF2N9O/c31-21-14-17(15-36-25(21)26(32)33)30(43)39-22-7-4-16-13-18(5-6-19(16)22)42-28(20-3-1-10-35-27(20)34)38-23-8-9-24(40-29(23)42)41-12-2-11-37-41/h1-3,5-6,8-15,22,26H,4,7H2,(H2,34,35)(H,39,43)/t22-/m0/s1. The van der Waals surface area contributed by atoms with Gasteiger partial charge in [-0.05, 0) is 72.5 Å². The van der Waals surface area contributed by atoms with Gasteiger partial charge in [-0.2, -0.15) is 5.10 Å². The number of alkyl halides is 2. The van der Waals surface area contributed by atoms with Crippen LogP contribution in [0.2, 0.25) is 5.02 Å². The smallest absolute Gasteiger partial charge is 0.281 e. The quantitative estimate of drug-likeness (QED) is 0.254. The summed E-state index contributed by atoms with van der Waals surface area (Å²) in [6.07, 6.45) is 4.79. The summed E-state index contributed by atoms with van der Waals surface area (Å²) in [5.74, 6) is 1.11. The van der Waals surface area contributed by atoms with E-state index in [4.69, 9.17) is 27.3 Å². The lowest BCUT2D eigenvalue weighted by atomic mass is 10.1. The number of benzene rings is 1. The highest BCUT2D eigenvalue weighted by Crippen LogP contribution is 2.36. The number of hydrogen-bond acceptors (Lipinski definition) is 7. The van der Waals surface area contributed by atoms with E-state index in [1.807, 2.05) is 47.2 Å². The van der Waals surface area contributed by atoms with Crippen LogP contribution in [-0.2, 0) is 6.42 Å². The van der Waals surface area contributed by atoms with Crippen LogP contribution in [0, 0.1) is 0 Å². The number of fused-ring (bicyclic) bond motifs is 2. The second kappa shape index (κ2) is 10.6. The summed E-state index contributed by atoms with van der Waals surface area (Å²) in [5.41, 5.74) is 10.6. The molecule has 1 aromatic carbocycles. The first-order valence-electron chi connectivity index (χ1n) is 13.4. The lowest BCUT2D eigenvalue weighted by Gasteiger charge is -2.16. The molecule has 0 spiro atoms. The average molecular weight is 598 g/mol. The number of nitrogens with one attached hydrogen (secondary N) is 1. The molecule has 5 aromatic heterocycles. The Balaban J connectivity index is 1.26. The zero-order valence-electron chi connectivity index (χ0n) is 22.3. The van der Waals surface area contributed by atoms with Crippen LogP contribution in [0.25, 0.3) is 34.1 Å². The van der Waals surface area contributed by atoms with Crippen molar-refractivity contribution >= 4 is 34.5 Å². The molecule has 0 saturated heterocycles. The molecule has 1 aliphatic carbocycles. The number of aromatic nitrogens is 7. The predicted molar refractivity (Wildman–Crippen MR) is 156 cm³/mol. The Bertz CT molecular complexity index is 2010. The highest BCUT2D eigenvalue weighted by atomic mass is 35.5. The lowest BCUT2D eigenvalue weighted by molar-refractivity contribution is 0.0935. The molecule has 10 nitrogen and oxygen atoms in total. The van der Waals surface area contributed by atoms with Crippen LogP contribution in [0.5, 0.6) is 0 Å². The number of carbonyl (C=O) groups excluding carboxylic acids is 1. The van der Waals surface area contributed by atoms with Crippen molar-refractivity contribution in [2.75, 3.05) is 5.73 Å². The molecule has 0 aliphatic heterocycles. The summed E-state index contributed by atoms with van der Waals surface area (Å²) >= 11 is 5.93. The predicted octanol–water partition coefficient (Wildman–Crippen LogP) is 5.65. The largest absolute Gasteiger partial charge is 0.383 e. The third kappa shape index (κ3) is 4.75. The van der Waals surface area contributed by atoms with Gasteiger partial charge in [0.15, 0.2) is 17.3 Å². The highest BCUT2D eigenvalue weighted by molar-refractivity contribution is 6.31. The van der Waals surface area contributed by atoms with Gasteiger partial charge in [0.1, 0.15) is 17.0 Å². The first kappa shape index (κ1) is 26.7. The Morgan fingerprint density at radius 2 is 1.95 bits per heavy atom. The number of nitrogens with zero attached hydrogens (tertiary/aromatic N) is 7. The van der Waals surface area contributed by atoms with Gasteiger partial charge in [-0.15, -0.1) is 0 Å². The summed E-state index contributed by atoms with van der Waals surface area (Å²) in [6.45, 7) is 0. The van der Waals surface area contributed by atoms with Crippen LogP contribution in [-0.4, -0.2) is 40.2 Å². The van der Waals surface area contributed by atoms with E-state index in [0.29, 0.717) is 47.0 Å². The number of halogens is 3. The lowest BCUT2D eigenvalue weighted by Crippen LogP contribution is -2.27. The van der Waals surface area contributed by atoms with Crippen molar-refractivity contribution in [2.45, 2.75) is 25.3 Å². The van der Waals surface area contributed by atoms with Crippen molar-refractivity contribution in [2.24, 2.45) is 0 Å². The SMILES string of the molecule is Nc1ncccc1-c1nc2ccc(-n3cccn3)nc2n1-c1ccc2c(c1)CC[C@@H]2NC(=O)c1cnc(C(F)F)c(Cl)c1. The number of rotatable bonds is 6. The molecule has 13 heteroatoms. The number of imidazole rings is 1.